The molecule has 1 saturated heterocycles. The fourth-order valence-corrected chi connectivity index (χ4v) is 2.70. The first-order valence-corrected chi connectivity index (χ1v) is 7.73. The lowest BCUT2D eigenvalue weighted by molar-refractivity contribution is -0.139. The van der Waals surface area contributed by atoms with E-state index in [4.69, 9.17) is 9.47 Å². The lowest BCUT2D eigenvalue weighted by Gasteiger charge is -2.35. The van der Waals surface area contributed by atoms with Gasteiger partial charge in [0.25, 0.3) is 0 Å². The Labute approximate surface area is 132 Å². The smallest absolute Gasteiger partial charge is 0.309 e. The summed E-state index contributed by atoms with van der Waals surface area (Å²) in [4.78, 5) is 13.6. The molecule has 0 aliphatic carbocycles. The normalized spacial score (nSPS) is 22.3. The van der Waals surface area contributed by atoms with Crippen LogP contribution in [0.25, 0.3) is 0 Å². The van der Waals surface area contributed by atoms with Crippen molar-refractivity contribution in [3.63, 3.8) is 0 Å². The van der Waals surface area contributed by atoms with E-state index in [-0.39, 0.29) is 18.2 Å². The first-order valence-electron chi connectivity index (χ1n) is 7.73. The van der Waals surface area contributed by atoms with Gasteiger partial charge in [-0.25, -0.2) is 0 Å². The molecule has 0 saturated carbocycles. The molecule has 0 bridgehead atoms. The van der Waals surface area contributed by atoms with Gasteiger partial charge in [-0.05, 0) is 31.5 Å². The van der Waals surface area contributed by atoms with Crippen LogP contribution in [0.15, 0.2) is 24.3 Å². The van der Waals surface area contributed by atoms with Gasteiger partial charge in [0.15, 0.2) is 0 Å². The third-order valence-corrected chi connectivity index (χ3v) is 3.67. The number of hydrogen-bond donors (Lipinski definition) is 0. The minimum absolute atomic E-state index is 0.232. The molecule has 122 valence electrons. The van der Waals surface area contributed by atoms with E-state index < -0.39 is 0 Å². The van der Waals surface area contributed by atoms with E-state index >= 15 is 0 Å². The van der Waals surface area contributed by atoms with E-state index in [9.17, 15) is 4.79 Å². The minimum atomic E-state index is -0.232. The van der Waals surface area contributed by atoms with E-state index in [1.807, 2.05) is 24.3 Å². The topological polar surface area (TPSA) is 48.0 Å². The molecule has 0 N–H and O–H groups in total. The minimum Gasteiger partial charge on any atom is -0.492 e. The number of carbonyl (C=O) groups excluding carboxylic acids is 1. The number of methoxy groups -OCH3 is 1. The van der Waals surface area contributed by atoms with Crippen molar-refractivity contribution in [2.45, 2.75) is 32.5 Å². The standard InChI is InChI=1S/C17H25NO4/c1-13-11-18(12-14(2)22-13)8-9-21-16-6-4-15(5-7-16)10-17(19)20-3/h4-7,13-14H,8-12H2,1-3H3. The Bertz CT molecular complexity index is 464. The van der Waals surface area contributed by atoms with Gasteiger partial charge in [-0.3, -0.25) is 9.69 Å². The molecule has 2 atom stereocenters. The summed E-state index contributed by atoms with van der Waals surface area (Å²) in [5.74, 6) is 0.590. The maximum Gasteiger partial charge on any atom is 0.309 e. The van der Waals surface area contributed by atoms with Crippen LogP contribution in [0.2, 0.25) is 0 Å². The molecular weight excluding hydrogens is 282 g/mol. The van der Waals surface area contributed by atoms with Crippen LogP contribution >= 0.6 is 0 Å². The van der Waals surface area contributed by atoms with E-state index in [1.54, 1.807) is 0 Å². The molecule has 0 amide bonds. The molecule has 0 radical (unpaired) electrons. The largest absolute Gasteiger partial charge is 0.492 e. The maximum absolute atomic E-state index is 11.2. The van der Waals surface area contributed by atoms with Crippen LogP contribution in [0.1, 0.15) is 19.4 Å². The Morgan fingerprint density at radius 2 is 1.86 bits per heavy atom. The number of hydrogen-bond acceptors (Lipinski definition) is 5. The van der Waals surface area contributed by atoms with Crippen LogP contribution in [0.3, 0.4) is 0 Å². The van der Waals surface area contributed by atoms with Gasteiger partial charge >= 0.3 is 5.97 Å². The molecule has 1 fully saturated rings. The van der Waals surface area contributed by atoms with Crippen molar-refractivity contribution >= 4 is 5.97 Å². The van der Waals surface area contributed by atoms with Gasteiger partial charge in [-0.2, -0.15) is 0 Å². The Morgan fingerprint density at radius 3 is 2.45 bits per heavy atom. The van der Waals surface area contributed by atoms with Crippen LogP contribution in [-0.2, 0) is 20.7 Å². The number of morpholine rings is 1. The zero-order valence-corrected chi connectivity index (χ0v) is 13.6. The molecule has 2 unspecified atom stereocenters. The van der Waals surface area contributed by atoms with Crippen molar-refractivity contribution in [1.82, 2.24) is 4.90 Å². The van der Waals surface area contributed by atoms with Crippen molar-refractivity contribution < 1.29 is 19.0 Å². The highest BCUT2D eigenvalue weighted by Crippen LogP contribution is 2.14. The molecule has 2 rings (SSSR count). The van der Waals surface area contributed by atoms with Crippen LogP contribution in [0.5, 0.6) is 5.75 Å². The molecule has 1 heterocycles. The highest BCUT2D eigenvalue weighted by atomic mass is 16.5. The molecular formula is C17H25NO4. The highest BCUT2D eigenvalue weighted by molar-refractivity contribution is 5.72. The zero-order chi connectivity index (χ0) is 15.9. The Balaban J connectivity index is 1.74. The Kier molecular flexibility index (Phi) is 6.21. The third-order valence-electron chi connectivity index (χ3n) is 3.67. The number of rotatable bonds is 6. The van der Waals surface area contributed by atoms with Gasteiger partial charge in [0.05, 0.1) is 25.7 Å². The van der Waals surface area contributed by atoms with Gasteiger partial charge in [0, 0.05) is 19.6 Å². The fraction of sp³-hybridized carbons (Fsp3) is 0.588. The van der Waals surface area contributed by atoms with Gasteiger partial charge in [-0.1, -0.05) is 12.1 Å². The number of benzene rings is 1. The van der Waals surface area contributed by atoms with Crippen LogP contribution < -0.4 is 4.74 Å². The summed E-state index contributed by atoms with van der Waals surface area (Å²) in [5, 5.41) is 0. The molecule has 1 aromatic carbocycles. The second kappa shape index (κ2) is 8.15. The maximum atomic E-state index is 11.2. The second-order valence-electron chi connectivity index (χ2n) is 5.76. The molecule has 1 aliphatic rings. The van der Waals surface area contributed by atoms with Gasteiger partial charge in [0.1, 0.15) is 12.4 Å². The zero-order valence-electron chi connectivity index (χ0n) is 13.6. The average molecular weight is 307 g/mol. The summed E-state index contributed by atoms with van der Waals surface area (Å²) in [6.45, 7) is 7.64. The number of nitrogens with zero attached hydrogens (tertiary/aromatic N) is 1. The predicted octanol–water partition coefficient (Wildman–Crippen LogP) is 1.89. The predicted molar refractivity (Wildman–Crippen MR) is 84.1 cm³/mol. The van der Waals surface area contributed by atoms with Gasteiger partial charge < -0.3 is 14.2 Å². The molecule has 5 nitrogen and oxygen atoms in total. The summed E-state index contributed by atoms with van der Waals surface area (Å²) in [5.41, 5.74) is 0.926. The monoisotopic (exact) mass is 307 g/mol. The Morgan fingerprint density at radius 1 is 1.23 bits per heavy atom. The summed E-state index contributed by atoms with van der Waals surface area (Å²) >= 11 is 0. The molecule has 1 aliphatic heterocycles. The summed E-state index contributed by atoms with van der Waals surface area (Å²) in [6.07, 6.45) is 0.850. The van der Waals surface area contributed by atoms with E-state index in [0.29, 0.717) is 13.0 Å². The lowest BCUT2D eigenvalue weighted by Crippen LogP contribution is -2.46. The molecule has 22 heavy (non-hydrogen) atoms. The molecule has 5 heteroatoms. The van der Waals surface area contributed by atoms with Crippen LogP contribution in [0.4, 0.5) is 0 Å². The van der Waals surface area contributed by atoms with Crippen LogP contribution in [0, 0.1) is 0 Å². The fourth-order valence-electron chi connectivity index (χ4n) is 2.70. The summed E-state index contributed by atoms with van der Waals surface area (Å²) in [6, 6.07) is 7.57. The van der Waals surface area contributed by atoms with E-state index in [0.717, 1.165) is 30.9 Å². The highest BCUT2D eigenvalue weighted by Gasteiger charge is 2.21. The van der Waals surface area contributed by atoms with Crippen LogP contribution in [-0.4, -0.2) is 56.4 Å². The number of carbonyl (C=O) groups is 1. The lowest BCUT2D eigenvalue weighted by atomic mass is 10.1. The quantitative estimate of drug-likeness (QED) is 0.751. The number of ether oxygens (including phenoxy) is 3. The molecule has 1 aromatic rings. The SMILES string of the molecule is COC(=O)Cc1ccc(OCCN2CC(C)OC(C)C2)cc1. The second-order valence-corrected chi connectivity index (χ2v) is 5.76. The van der Waals surface area contributed by atoms with E-state index in [1.165, 1.54) is 7.11 Å². The van der Waals surface area contributed by atoms with Crippen molar-refractivity contribution in [2.24, 2.45) is 0 Å². The van der Waals surface area contributed by atoms with Crippen molar-refractivity contribution in [3.8, 4) is 5.75 Å². The average Bonchev–Trinajstić information content (AvgIpc) is 2.48. The Hall–Kier alpha value is -1.59. The number of esters is 1. The van der Waals surface area contributed by atoms with Gasteiger partial charge in [0.2, 0.25) is 0 Å². The first-order chi connectivity index (χ1) is 10.6. The molecule has 0 spiro atoms. The van der Waals surface area contributed by atoms with E-state index in [2.05, 4.69) is 23.5 Å². The summed E-state index contributed by atoms with van der Waals surface area (Å²) < 4.78 is 16.1. The van der Waals surface area contributed by atoms with Gasteiger partial charge in [-0.15, -0.1) is 0 Å². The third kappa shape index (κ3) is 5.31. The van der Waals surface area contributed by atoms with Crippen molar-refractivity contribution in [3.05, 3.63) is 29.8 Å². The summed E-state index contributed by atoms with van der Waals surface area (Å²) in [7, 11) is 1.40. The van der Waals surface area contributed by atoms with Crippen molar-refractivity contribution in [2.75, 3.05) is 33.4 Å². The van der Waals surface area contributed by atoms with Crippen molar-refractivity contribution in [1.29, 1.82) is 0 Å². The first kappa shape index (κ1) is 16.8. The molecule has 0 aromatic heterocycles.